The van der Waals surface area contributed by atoms with Crippen molar-refractivity contribution in [1.29, 1.82) is 0 Å². The lowest BCUT2D eigenvalue weighted by Crippen LogP contribution is -2.44. The van der Waals surface area contributed by atoms with Gasteiger partial charge in [0, 0.05) is 5.54 Å². The zero-order chi connectivity index (χ0) is 11.2. The van der Waals surface area contributed by atoms with Gasteiger partial charge < -0.3 is 10.8 Å². The molecular formula is C13H19NO. The number of hydrogen-bond donors (Lipinski definition) is 2. The van der Waals surface area contributed by atoms with E-state index in [0.717, 1.165) is 29.5 Å². The smallest absolute Gasteiger partial charge is 0.121 e. The molecule has 0 radical (unpaired) electrons. The number of aryl methyl sites for hydroxylation is 1. The summed E-state index contributed by atoms with van der Waals surface area (Å²) in [5.41, 5.74) is 10.5. The molecule has 2 rings (SSSR count). The summed E-state index contributed by atoms with van der Waals surface area (Å²) in [7, 11) is 0. The molecule has 2 nitrogen and oxygen atoms in total. The highest BCUT2D eigenvalue weighted by molar-refractivity contribution is 5.50. The summed E-state index contributed by atoms with van der Waals surface area (Å²) in [4.78, 5) is 0. The Balaban J connectivity index is 2.58. The molecular weight excluding hydrogens is 186 g/mol. The summed E-state index contributed by atoms with van der Waals surface area (Å²) in [6, 6.07) is 2.05. The summed E-state index contributed by atoms with van der Waals surface area (Å²) >= 11 is 0. The Labute approximate surface area is 91.1 Å². The van der Waals surface area contributed by atoms with Gasteiger partial charge in [0.25, 0.3) is 0 Å². The van der Waals surface area contributed by atoms with Crippen LogP contribution < -0.4 is 5.73 Å². The van der Waals surface area contributed by atoms with Gasteiger partial charge in [-0.1, -0.05) is 6.07 Å². The fourth-order valence-electron chi connectivity index (χ4n) is 2.41. The van der Waals surface area contributed by atoms with Crippen LogP contribution in [0.5, 0.6) is 5.75 Å². The van der Waals surface area contributed by atoms with Crippen molar-refractivity contribution in [2.75, 3.05) is 0 Å². The number of phenolic OH excluding ortho intramolecular Hbond substituents is 1. The molecule has 15 heavy (non-hydrogen) atoms. The van der Waals surface area contributed by atoms with E-state index in [-0.39, 0.29) is 5.54 Å². The first-order valence-corrected chi connectivity index (χ1v) is 5.55. The Morgan fingerprint density at radius 3 is 2.27 bits per heavy atom. The quantitative estimate of drug-likeness (QED) is 0.740. The maximum atomic E-state index is 9.83. The van der Waals surface area contributed by atoms with Gasteiger partial charge in [0.1, 0.15) is 5.75 Å². The van der Waals surface area contributed by atoms with Gasteiger partial charge in [-0.15, -0.1) is 0 Å². The lowest BCUT2D eigenvalue weighted by atomic mass is 9.70. The summed E-state index contributed by atoms with van der Waals surface area (Å²) in [5.74, 6) is 0.416. The molecule has 0 amide bonds. The standard InChI is InChI=1S/C13H19NO/c1-8-7-11(13(14)5-4-6-13)9(2)10(3)12(8)15/h7,15H,4-6,14H2,1-3H3. The maximum Gasteiger partial charge on any atom is 0.121 e. The number of benzene rings is 1. The molecule has 2 heteroatoms. The van der Waals surface area contributed by atoms with E-state index in [1.807, 2.05) is 13.8 Å². The zero-order valence-corrected chi connectivity index (χ0v) is 9.72. The molecule has 1 saturated carbocycles. The third-order valence-corrected chi connectivity index (χ3v) is 3.84. The summed E-state index contributed by atoms with van der Waals surface area (Å²) in [6.07, 6.45) is 3.35. The van der Waals surface area contributed by atoms with E-state index in [0.29, 0.717) is 5.75 Å². The minimum atomic E-state index is -0.132. The Morgan fingerprint density at radius 1 is 1.20 bits per heavy atom. The number of rotatable bonds is 1. The number of hydrogen-bond acceptors (Lipinski definition) is 2. The molecule has 0 unspecified atom stereocenters. The number of phenols is 1. The van der Waals surface area contributed by atoms with Crippen molar-refractivity contribution in [3.05, 3.63) is 28.3 Å². The molecule has 1 aliphatic carbocycles. The van der Waals surface area contributed by atoms with Crippen LogP contribution in [-0.2, 0) is 5.54 Å². The Bertz CT molecular complexity index is 405. The van der Waals surface area contributed by atoms with Crippen LogP contribution in [0.4, 0.5) is 0 Å². The molecule has 1 aromatic rings. The summed E-state index contributed by atoms with van der Waals surface area (Å²) in [6.45, 7) is 5.95. The molecule has 1 aromatic carbocycles. The van der Waals surface area contributed by atoms with Crippen LogP contribution in [0.3, 0.4) is 0 Å². The lowest BCUT2D eigenvalue weighted by Gasteiger charge is -2.40. The van der Waals surface area contributed by atoms with Crippen molar-refractivity contribution in [3.63, 3.8) is 0 Å². The van der Waals surface area contributed by atoms with E-state index in [1.54, 1.807) is 0 Å². The van der Waals surface area contributed by atoms with Crippen molar-refractivity contribution < 1.29 is 5.11 Å². The van der Waals surface area contributed by atoms with E-state index < -0.39 is 0 Å². The first kappa shape index (κ1) is 10.5. The second kappa shape index (κ2) is 3.24. The number of aromatic hydroxyl groups is 1. The van der Waals surface area contributed by atoms with Gasteiger partial charge >= 0.3 is 0 Å². The molecule has 1 fully saturated rings. The highest BCUT2D eigenvalue weighted by atomic mass is 16.3. The average molecular weight is 205 g/mol. The van der Waals surface area contributed by atoms with Gasteiger partial charge in [0.15, 0.2) is 0 Å². The topological polar surface area (TPSA) is 46.2 Å². The Morgan fingerprint density at radius 2 is 1.80 bits per heavy atom. The molecule has 0 spiro atoms. The Kier molecular flexibility index (Phi) is 2.27. The van der Waals surface area contributed by atoms with Crippen LogP contribution >= 0.6 is 0 Å². The summed E-state index contributed by atoms with van der Waals surface area (Å²) in [5, 5.41) is 9.83. The van der Waals surface area contributed by atoms with Crippen molar-refractivity contribution in [1.82, 2.24) is 0 Å². The fourth-order valence-corrected chi connectivity index (χ4v) is 2.41. The van der Waals surface area contributed by atoms with E-state index >= 15 is 0 Å². The lowest BCUT2D eigenvalue weighted by molar-refractivity contribution is 0.252. The largest absolute Gasteiger partial charge is 0.507 e. The fraction of sp³-hybridized carbons (Fsp3) is 0.538. The molecule has 0 saturated heterocycles. The molecule has 0 heterocycles. The van der Waals surface area contributed by atoms with Crippen LogP contribution in [0.25, 0.3) is 0 Å². The maximum absolute atomic E-state index is 9.83. The van der Waals surface area contributed by atoms with Crippen molar-refractivity contribution in [3.8, 4) is 5.75 Å². The third kappa shape index (κ3) is 1.44. The SMILES string of the molecule is Cc1cc(C2(N)CCC2)c(C)c(C)c1O. The van der Waals surface area contributed by atoms with Crippen molar-refractivity contribution >= 4 is 0 Å². The molecule has 82 valence electrons. The van der Waals surface area contributed by atoms with Gasteiger partial charge in [-0.3, -0.25) is 0 Å². The normalized spacial score (nSPS) is 18.7. The van der Waals surface area contributed by atoms with Crippen LogP contribution in [0.1, 0.15) is 41.5 Å². The van der Waals surface area contributed by atoms with Gasteiger partial charge in [0.2, 0.25) is 0 Å². The third-order valence-electron chi connectivity index (χ3n) is 3.84. The average Bonchev–Trinajstić information content (AvgIpc) is 2.17. The first-order valence-electron chi connectivity index (χ1n) is 5.55. The van der Waals surface area contributed by atoms with Crippen LogP contribution in [0, 0.1) is 20.8 Å². The Hall–Kier alpha value is -1.02. The second-order valence-electron chi connectivity index (χ2n) is 4.85. The van der Waals surface area contributed by atoms with Gasteiger partial charge in [-0.2, -0.15) is 0 Å². The van der Waals surface area contributed by atoms with E-state index in [9.17, 15) is 5.11 Å². The molecule has 0 aliphatic heterocycles. The molecule has 0 atom stereocenters. The van der Waals surface area contributed by atoms with E-state index in [2.05, 4.69) is 13.0 Å². The minimum Gasteiger partial charge on any atom is -0.507 e. The van der Waals surface area contributed by atoms with Crippen LogP contribution in [0.2, 0.25) is 0 Å². The highest BCUT2D eigenvalue weighted by Crippen LogP contribution is 2.42. The number of nitrogens with two attached hydrogens (primary N) is 1. The highest BCUT2D eigenvalue weighted by Gasteiger charge is 2.36. The van der Waals surface area contributed by atoms with Crippen LogP contribution in [-0.4, -0.2) is 5.11 Å². The molecule has 1 aliphatic rings. The first-order chi connectivity index (χ1) is 6.96. The van der Waals surface area contributed by atoms with Crippen molar-refractivity contribution in [2.45, 2.75) is 45.6 Å². The molecule has 3 N–H and O–H groups in total. The predicted molar refractivity (Wildman–Crippen MR) is 62.0 cm³/mol. The zero-order valence-electron chi connectivity index (χ0n) is 9.72. The van der Waals surface area contributed by atoms with E-state index in [4.69, 9.17) is 5.73 Å². The predicted octanol–water partition coefficient (Wildman–Crippen LogP) is 2.66. The van der Waals surface area contributed by atoms with Gasteiger partial charge in [-0.05, 0) is 62.3 Å². The van der Waals surface area contributed by atoms with E-state index in [1.165, 1.54) is 12.0 Å². The second-order valence-corrected chi connectivity index (χ2v) is 4.85. The minimum absolute atomic E-state index is 0.132. The van der Waals surface area contributed by atoms with Gasteiger partial charge in [0.05, 0.1) is 0 Å². The van der Waals surface area contributed by atoms with Crippen molar-refractivity contribution in [2.24, 2.45) is 5.73 Å². The molecule has 0 aromatic heterocycles. The van der Waals surface area contributed by atoms with Gasteiger partial charge in [-0.25, -0.2) is 0 Å². The van der Waals surface area contributed by atoms with Crippen LogP contribution in [0.15, 0.2) is 6.07 Å². The summed E-state index contributed by atoms with van der Waals surface area (Å²) < 4.78 is 0. The monoisotopic (exact) mass is 205 g/mol. The molecule has 0 bridgehead atoms.